The van der Waals surface area contributed by atoms with Crippen LogP contribution in [0, 0.1) is 17.5 Å². The molecule has 5 heteroatoms. The summed E-state index contributed by atoms with van der Waals surface area (Å²) >= 11 is 0. The number of benzene rings is 3. The molecular formula is C31H33F3O2. The van der Waals surface area contributed by atoms with Crippen LogP contribution in [-0.2, 0) is 12.8 Å². The molecule has 1 aliphatic carbocycles. The van der Waals surface area contributed by atoms with Crippen molar-refractivity contribution in [3.8, 4) is 16.9 Å². The van der Waals surface area contributed by atoms with Gasteiger partial charge in [0.25, 0.3) is 0 Å². The number of halogens is 3. The third kappa shape index (κ3) is 6.38. The van der Waals surface area contributed by atoms with E-state index < -0.39 is 11.6 Å². The van der Waals surface area contributed by atoms with Gasteiger partial charge in [0.1, 0.15) is 11.6 Å². The van der Waals surface area contributed by atoms with Crippen LogP contribution in [0.4, 0.5) is 13.2 Å². The normalized spacial score (nSPS) is 17.7. The summed E-state index contributed by atoms with van der Waals surface area (Å²) in [6, 6.07) is 15.6. The van der Waals surface area contributed by atoms with E-state index in [-0.39, 0.29) is 23.4 Å². The first-order valence-corrected chi connectivity index (χ1v) is 12.7. The zero-order chi connectivity index (χ0) is 25.5. The van der Waals surface area contributed by atoms with E-state index in [9.17, 15) is 18.3 Å². The maximum Gasteiger partial charge on any atom is 0.166 e. The van der Waals surface area contributed by atoms with Gasteiger partial charge in [-0.15, -0.1) is 6.58 Å². The van der Waals surface area contributed by atoms with Gasteiger partial charge in [0.15, 0.2) is 11.6 Å². The van der Waals surface area contributed by atoms with Crippen molar-refractivity contribution in [2.75, 3.05) is 6.61 Å². The lowest BCUT2D eigenvalue weighted by Crippen LogP contribution is -2.18. The summed E-state index contributed by atoms with van der Waals surface area (Å²) in [4.78, 5) is 0. The number of aliphatic hydroxyl groups is 1. The summed E-state index contributed by atoms with van der Waals surface area (Å²) in [6.45, 7) is 4.19. The Morgan fingerprint density at radius 3 is 2.33 bits per heavy atom. The van der Waals surface area contributed by atoms with Crippen LogP contribution < -0.4 is 4.74 Å². The van der Waals surface area contributed by atoms with Crippen molar-refractivity contribution < 1.29 is 23.0 Å². The van der Waals surface area contributed by atoms with E-state index in [2.05, 4.69) is 6.58 Å². The van der Waals surface area contributed by atoms with Gasteiger partial charge in [-0.25, -0.2) is 13.2 Å². The molecule has 0 spiro atoms. The van der Waals surface area contributed by atoms with Crippen molar-refractivity contribution in [3.63, 3.8) is 0 Å². The number of rotatable bonds is 10. The molecule has 1 saturated carbocycles. The number of aryl methyl sites for hydroxylation is 2. The van der Waals surface area contributed by atoms with Gasteiger partial charge < -0.3 is 9.84 Å². The van der Waals surface area contributed by atoms with Gasteiger partial charge in [-0.1, -0.05) is 48.5 Å². The van der Waals surface area contributed by atoms with E-state index in [0.29, 0.717) is 67.6 Å². The second kappa shape index (κ2) is 12.3. The second-order valence-electron chi connectivity index (χ2n) is 9.57. The number of hydrogen-bond acceptors (Lipinski definition) is 2. The Morgan fingerprint density at radius 2 is 1.64 bits per heavy atom. The molecule has 0 bridgehead atoms. The highest BCUT2D eigenvalue weighted by Gasteiger charge is 2.25. The summed E-state index contributed by atoms with van der Waals surface area (Å²) in [5.41, 5.74) is 2.82. The van der Waals surface area contributed by atoms with Crippen LogP contribution in [0.3, 0.4) is 0 Å². The van der Waals surface area contributed by atoms with Gasteiger partial charge in [0.2, 0.25) is 0 Å². The molecule has 1 aliphatic rings. The summed E-state index contributed by atoms with van der Waals surface area (Å²) in [7, 11) is 0. The highest BCUT2D eigenvalue weighted by molar-refractivity contribution is 5.65. The molecule has 3 aromatic carbocycles. The predicted molar refractivity (Wildman–Crippen MR) is 138 cm³/mol. The van der Waals surface area contributed by atoms with Gasteiger partial charge in [-0.3, -0.25) is 0 Å². The minimum absolute atomic E-state index is 0.0578. The van der Waals surface area contributed by atoms with E-state index >= 15 is 0 Å². The lowest BCUT2D eigenvalue weighted by atomic mass is 9.82. The summed E-state index contributed by atoms with van der Waals surface area (Å²) in [5.74, 6) is -1.46. The SMILES string of the molecule is C=CCCCOc1ccc(CCc2ccc(-c3ccc(C4CCC(O)CC4)c(F)c3F)cc2)c(F)c1. The minimum atomic E-state index is -0.833. The third-order valence-corrected chi connectivity index (χ3v) is 7.04. The molecule has 0 heterocycles. The average Bonchev–Trinajstić information content (AvgIpc) is 2.89. The smallest absolute Gasteiger partial charge is 0.166 e. The Bertz CT molecular complexity index is 1170. The van der Waals surface area contributed by atoms with Gasteiger partial charge in [-0.2, -0.15) is 0 Å². The Balaban J connectivity index is 1.37. The number of aliphatic hydroxyl groups excluding tert-OH is 1. The Morgan fingerprint density at radius 1 is 0.889 bits per heavy atom. The van der Waals surface area contributed by atoms with Crippen molar-refractivity contribution in [1.82, 2.24) is 0 Å². The first kappa shape index (κ1) is 26.0. The molecule has 36 heavy (non-hydrogen) atoms. The molecule has 4 rings (SSSR count). The van der Waals surface area contributed by atoms with Crippen LogP contribution in [0.2, 0.25) is 0 Å². The van der Waals surface area contributed by atoms with E-state index in [1.165, 1.54) is 6.07 Å². The maximum atomic E-state index is 15.0. The lowest BCUT2D eigenvalue weighted by molar-refractivity contribution is 0.122. The highest BCUT2D eigenvalue weighted by atomic mass is 19.2. The quantitative estimate of drug-likeness (QED) is 0.229. The van der Waals surface area contributed by atoms with E-state index in [1.54, 1.807) is 36.4 Å². The average molecular weight is 495 g/mol. The topological polar surface area (TPSA) is 29.5 Å². The molecule has 1 fully saturated rings. The number of hydrogen-bond donors (Lipinski definition) is 1. The summed E-state index contributed by atoms with van der Waals surface area (Å²) in [5, 5.41) is 9.69. The van der Waals surface area contributed by atoms with Gasteiger partial charge in [0, 0.05) is 11.6 Å². The molecule has 0 unspecified atom stereocenters. The van der Waals surface area contributed by atoms with Gasteiger partial charge >= 0.3 is 0 Å². The van der Waals surface area contributed by atoms with E-state index in [1.807, 2.05) is 18.2 Å². The van der Waals surface area contributed by atoms with Crippen LogP contribution in [-0.4, -0.2) is 17.8 Å². The van der Waals surface area contributed by atoms with Gasteiger partial charge in [-0.05, 0) is 85.6 Å². The van der Waals surface area contributed by atoms with Crippen molar-refractivity contribution in [1.29, 1.82) is 0 Å². The lowest BCUT2D eigenvalue weighted by Gasteiger charge is -2.26. The Hall–Kier alpha value is -3.05. The van der Waals surface area contributed by atoms with Crippen molar-refractivity contribution >= 4 is 0 Å². The van der Waals surface area contributed by atoms with Crippen molar-refractivity contribution in [3.05, 3.63) is 101 Å². The standard InChI is InChI=1S/C31H33F3O2/c1-2-3-4-19-36-26-16-13-24(29(32)20-26)10-7-21-5-8-22(9-6-21)27-17-18-28(31(34)30(27)33)23-11-14-25(35)15-12-23/h2,5-6,8-9,13,16-18,20,23,25,35H,1,3-4,7,10-12,14-15,19H2. The first-order chi connectivity index (χ1) is 17.5. The van der Waals surface area contributed by atoms with Gasteiger partial charge in [0.05, 0.1) is 12.7 Å². The predicted octanol–water partition coefficient (Wildman–Crippen LogP) is 7.92. The number of ether oxygens (including phenoxy) is 1. The zero-order valence-electron chi connectivity index (χ0n) is 20.5. The fourth-order valence-corrected chi connectivity index (χ4v) is 4.86. The fraction of sp³-hybridized carbons (Fsp3) is 0.355. The molecule has 0 amide bonds. The second-order valence-corrected chi connectivity index (χ2v) is 9.57. The fourth-order valence-electron chi connectivity index (χ4n) is 4.86. The number of allylic oxidation sites excluding steroid dienone is 1. The summed E-state index contributed by atoms with van der Waals surface area (Å²) < 4.78 is 49.9. The molecular weight excluding hydrogens is 461 g/mol. The molecule has 2 nitrogen and oxygen atoms in total. The number of unbranched alkanes of at least 4 members (excludes halogenated alkanes) is 1. The molecule has 0 atom stereocenters. The summed E-state index contributed by atoms with van der Waals surface area (Å²) in [6.07, 6.45) is 6.91. The van der Waals surface area contributed by atoms with Crippen LogP contribution in [0.5, 0.6) is 5.75 Å². The van der Waals surface area contributed by atoms with Crippen LogP contribution in [0.15, 0.2) is 67.3 Å². The van der Waals surface area contributed by atoms with E-state index in [0.717, 1.165) is 18.4 Å². The van der Waals surface area contributed by atoms with Crippen LogP contribution in [0.1, 0.15) is 61.1 Å². The monoisotopic (exact) mass is 494 g/mol. The molecule has 190 valence electrons. The zero-order valence-corrected chi connectivity index (χ0v) is 20.5. The van der Waals surface area contributed by atoms with Crippen LogP contribution in [0.25, 0.3) is 11.1 Å². The van der Waals surface area contributed by atoms with Crippen molar-refractivity contribution in [2.24, 2.45) is 0 Å². The molecule has 0 aromatic heterocycles. The molecule has 1 N–H and O–H groups in total. The highest BCUT2D eigenvalue weighted by Crippen LogP contribution is 2.37. The third-order valence-electron chi connectivity index (χ3n) is 7.04. The molecule has 3 aromatic rings. The largest absolute Gasteiger partial charge is 0.493 e. The maximum absolute atomic E-state index is 15.0. The Kier molecular flexibility index (Phi) is 8.87. The minimum Gasteiger partial charge on any atom is -0.493 e. The first-order valence-electron chi connectivity index (χ1n) is 12.7. The van der Waals surface area contributed by atoms with Crippen molar-refractivity contribution in [2.45, 2.75) is 63.4 Å². The van der Waals surface area contributed by atoms with Crippen LogP contribution >= 0.6 is 0 Å². The molecule has 0 radical (unpaired) electrons. The van der Waals surface area contributed by atoms with E-state index in [4.69, 9.17) is 4.74 Å². The molecule has 0 saturated heterocycles. The molecule has 0 aliphatic heterocycles. The Labute approximate surface area is 211 Å².